The Bertz CT molecular complexity index is 1400. The molecular formula is C26H23NO4S. The highest BCUT2D eigenvalue weighted by Crippen LogP contribution is 2.32. The first-order valence-corrected chi connectivity index (χ1v) is 11.7. The lowest BCUT2D eigenvalue weighted by Crippen LogP contribution is -2.20. The van der Waals surface area contributed by atoms with Crippen molar-refractivity contribution in [3.05, 3.63) is 101 Å². The molecule has 1 aromatic heterocycles. The van der Waals surface area contributed by atoms with Crippen molar-refractivity contribution in [3.63, 3.8) is 0 Å². The molecule has 0 radical (unpaired) electrons. The molecule has 4 rings (SSSR count). The summed E-state index contributed by atoms with van der Waals surface area (Å²) in [5.74, 6) is -0.688. The first kappa shape index (κ1) is 21.6. The van der Waals surface area contributed by atoms with Crippen molar-refractivity contribution in [3.8, 4) is 0 Å². The first-order valence-electron chi connectivity index (χ1n) is 10.3. The smallest absolute Gasteiger partial charge is 0.356 e. The molecular weight excluding hydrogens is 422 g/mol. The molecule has 0 aliphatic heterocycles. The summed E-state index contributed by atoms with van der Waals surface area (Å²) in [5, 5.41) is 0.651. The average Bonchev–Trinajstić information content (AvgIpc) is 3.14. The van der Waals surface area contributed by atoms with Gasteiger partial charge >= 0.3 is 5.97 Å². The molecule has 0 spiro atoms. The van der Waals surface area contributed by atoms with E-state index in [1.165, 1.54) is 0 Å². The lowest BCUT2D eigenvalue weighted by atomic mass is 10.1. The molecule has 0 N–H and O–H groups in total. The summed E-state index contributed by atoms with van der Waals surface area (Å²) in [7, 11) is -4.06. The van der Waals surface area contributed by atoms with Gasteiger partial charge in [0.25, 0.3) is 10.0 Å². The normalized spacial score (nSPS) is 11.8. The van der Waals surface area contributed by atoms with E-state index < -0.39 is 16.0 Å². The summed E-state index contributed by atoms with van der Waals surface area (Å²) in [6.07, 6.45) is 3.62. The van der Waals surface area contributed by atoms with Crippen molar-refractivity contribution < 1.29 is 17.9 Å². The number of carbonyl (C=O) groups excluding carboxylic acids is 1. The fraction of sp³-hybridized carbons (Fsp3) is 0.115. The zero-order chi connectivity index (χ0) is 22.7. The number of hydrogen-bond donors (Lipinski definition) is 0. The summed E-state index contributed by atoms with van der Waals surface area (Å²) in [6, 6.07) is 23.3. The highest BCUT2D eigenvalue weighted by molar-refractivity contribution is 7.90. The minimum Gasteiger partial charge on any atom is -0.461 e. The minimum absolute atomic E-state index is 0.0131. The lowest BCUT2D eigenvalue weighted by molar-refractivity contribution is 0.0518. The molecule has 32 heavy (non-hydrogen) atoms. The van der Waals surface area contributed by atoms with E-state index in [0.29, 0.717) is 16.5 Å². The zero-order valence-electron chi connectivity index (χ0n) is 17.9. The number of ether oxygens (including phenoxy) is 1. The summed E-state index contributed by atoms with van der Waals surface area (Å²) in [5.41, 5.74) is 2.78. The maximum atomic E-state index is 13.7. The van der Waals surface area contributed by atoms with E-state index in [-0.39, 0.29) is 17.2 Å². The van der Waals surface area contributed by atoms with Gasteiger partial charge in [-0.25, -0.2) is 17.2 Å². The van der Waals surface area contributed by atoms with E-state index >= 15 is 0 Å². The Morgan fingerprint density at radius 3 is 2.25 bits per heavy atom. The number of benzene rings is 3. The molecule has 0 saturated heterocycles. The van der Waals surface area contributed by atoms with Crippen LogP contribution in [0, 0.1) is 6.92 Å². The van der Waals surface area contributed by atoms with Gasteiger partial charge in [-0.05, 0) is 37.6 Å². The van der Waals surface area contributed by atoms with Crippen LogP contribution in [0.3, 0.4) is 0 Å². The molecule has 0 bridgehead atoms. The molecule has 162 valence electrons. The second kappa shape index (κ2) is 8.85. The number of hydrogen-bond acceptors (Lipinski definition) is 4. The Morgan fingerprint density at radius 2 is 1.56 bits per heavy atom. The van der Waals surface area contributed by atoms with E-state index in [1.54, 1.807) is 49.4 Å². The van der Waals surface area contributed by atoms with Crippen LogP contribution in [0.2, 0.25) is 0 Å². The zero-order valence-corrected chi connectivity index (χ0v) is 18.7. The molecule has 5 nitrogen and oxygen atoms in total. The number of nitrogens with zero attached hydrogens (tertiary/aromatic N) is 1. The van der Waals surface area contributed by atoms with Crippen molar-refractivity contribution in [2.24, 2.45) is 0 Å². The third-order valence-electron chi connectivity index (χ3n) is 5.14. The first-order chi connectivity index (χ1) is 15.4. The Labute approximate surface area is 187 Å². The SMILES string of the molecule is CCOC(=O)c1c(/C=C/c2ccccc2)c2ccccc2n1S(=O)(=O)c1ccc(C)cc1. The summed E-state index contributed by atoms with van der Waals surface area (Å²) in [6.45, 7) is 3.71. The molecule has 0 aliphatic rings. The van der Waals surface area contributed by atoms with Gasteiger partial charge < -0.3 is 4.74 Å². The number of carbonyl (C=O) groups is 1. The molecule has 1 heterocycles. The molecule has 6 heteroatoms. The van der Waals surface area contributed by atoms with Crippen molar-refractivity contribution >= 4 is 39.0 Å². The Morgan fingerprint density at radius 1 is 0.906 bits per heavy atom. The van der Waals surface area contributed by atoms with Crippen LogP contribution < -0.4 is 0 Å². The van der Waals surface area contributed by atoms with Crippen molar-refractivity contribution in [1.82, 2.24) is 3.97 Å². The standard InChI is InChI=1S/C26H23NO4S/c1-3-31-26(28)25-23(18-15-20-9-5-4-6-10-20)22-11-7-8-12-24(22)27(25)32(29,30)21-16-13-19(2)14-17-21/h4-18H,3H2,1-2H3/b18-15+. The molecule has 0 fully saturated rings. The molecule has 0 atom stereocenters. The Balaban J connectivity index is 2.02. The van der Waals surface area contributed by atoms with Crippen LogP contribution in [0.25, 0.3) is 23.1 Å². The van der Waals surface area contributed by atoms with Gasteiger partial charge in [-0.15, -0.1) is 0 Å². The van der Waals surface area contributed by atoms with Crippen LogP contribution in [0.1, 0.15) is 34.1 Å². The number of esters is 1. The number of rotatable bonds is 6. The van der Waals surface area contributed by atoms with Gasteiger partial charge in [0.2, 0.25) is 0 Å². The van der Waals surface area contributed by atoms with Crippen molar-refractivity contribution in [2.45, 2.75) is 18.7 Å². The monoisotopic (exact) mass is 445 g/mol. The van der Waals surface area contributed by atoms with Crippen LogP contribution in [0.4, 0.5) is 0 Å². The van der Waals surface area contributed by atoms with E-state index in [9.17, 15) is 13.2 Å². The van der Waals surface area contributed by atoms with Gasteiger partial charge in [0.1, 0.15) is 0 Å². The van der Waals surface area contributed by atoms with E-state index in [1.807, 2.05) is 55.5 Å². The van der Waals surface area contributed by atoms with Gasteiger partial charge in [-0.2, -0.15) is 0 Å². The van der Waals surface area contributed by atoms with E-state index in [0.717, 1.165) is 15.1 Å². The highest BCUT2D eigenvalue weighted by atomic mass is 32.2. The molecule has 0 unspecified atom stereocenters. The Hall–Kier alpha value is -3.64. The van der Waals surface area contributed by atoms with Gasteiger partial charge in [0.05, 0.1) is 17.0 Å². The second-order valence-electron chi connectivity index (χ2n) is 7.33. The Kier molecular flexibility index (Phi) is 5.97. The fourth-order valence-corrected chi connectivity index (χ4v) is 5.13. The largest absolute Gasteiger partial charge is 0.461 e. The number of para-hydroxylation sites is 1. The summed E-state index contributed by atoms with van der Waals surface area (Å²) < 4.78 is 33.8. The van der Waals surface area contributed by atoms with Gasteiger partial charge in [-0.3, -0.25) is 0 Å². The number of aromatic nitrogens is 1. The second-order valence-corrected chi connectivity index (χ2v) is 9.11. The highest BCUT2D eigenvalue weighted by Gasteiger charge is 2.30. The topological polar surface area (TPSA) is 65.4 Å². The third-order valence-corrected chi connectivity index (χ3v) is 6.87. The summed E-state index contributed by atoms with van der Waals surface area (Å²) in [4.78, 5) is 13.2. The maximum absolute atomic E-state index is 13.7. The predicted molar refractivity (Wildman–Crippen MR) is 127 cm³/mol. The quantitative estimate of drug-likeness (QED) is 0.366. The van der Waals surface area contributed by atoms with E-state index in [2.05, 4.69) is 0 Å². The van der Waals surface area contributed by atoms with Crippen LogP contribution in [0.15, 0.2) is 83.8 Å². The lowest BCUT2D eigenvalue weighted by Gasteiger charge is -2.12. The van der Waals surface area contributed by atoms with E-state index in [4.69, 9.17) is 4.74 Å². The number of fused-ring (bicyclic) bond motifs is 1. The average molecular weight is 446 g/mol. The minimum atomic E-state index is -4.06. The van der Waals surface area contributed by atoms with Crippen LogP contribution in [-0.4, -0.2) is 25.0 Å². The van der Waals surface area contributed by atoms with Crippen LogP contribution >= 0.6 is 0 Å². The van der Waals surface area contributed by atoms with Gasteiger partial charge in [0, 0.05) is 10.9 Å². The number of aryl methyl sites for hydroxylation is 1. The molecule has 0 saturated carbocycles. The van der Waals surface area contributed by atoms with Crippen LogP contribution in [-0.2, 0) is 14.8 Å². The van der Waals surface area contributed by atoms with Crippen LogP contribution in [0.5, 0.6) is 0 Å². The van der Waals surface area contributed by atoms with Gasteiger partial charge in [0.15, 0.2) is 5.69 Å². The predicted octanol–water partition coefficient (Wildman–Crippen LogP) is 5.53. The molecule has 0 aliphatic carbocycles. The summed E-state index contributed by atoms with van der Waals surface area (Å²) >= 11 is 0. The third kappa shape index (κ3) is 3.97. The van der Waals surface area contributed by atoms with Crippen molar-refractivity contribution in [2.75, 3.05) is 6.61 Å². The fourth-order valence-electron chi connectivity index (χ4n) is 3.61. The van der Waals surface area contributed by atoms with Crippen molar-refractivity contribution in [1.29, 1.82) is 0 Å². The molecule has 3 aromatic carbocycles. The maximum Gasteiger partial charge on any atom is 0.356 e. The molecule has 4 aromatic rings. The van der Waals surface area contributed by atoms with Gasteiger partial charge in [-0.1, -0.05) is 78.4 Å². The molecule has 0 amide bonds.